The van der Waals surface area contributed by atoms with Gasteiger partial charge in [0.25, 0.3) is 0 Å². The molecule has 0 fully saturated rings. The quantitative estimate of drug-likeness (QED) is 0.935. The Labute approximate surface area is 114 Å². The smallest absolute Gasteiger partial charge is 0.419 e. The third kappa shape index (κ3) is 3.48. The van der Waals surface area contributed by atoms with E-state index in [2.05, 4.69) is 4.98 Å². The van der Waals surface area contributed by atoms with Gasteiger partial charge in [0, 0.05) is 6.20 Å². The Kier molecular flexibility index (Phi) is 4.24. The van der Waals surface area contributed by atoms with E-state index >= 15 is 0 Å². The average Bonchev–Trinajstić information content (AvgIpc) is 2.41. The fourth-order valence-electron chi connectivity index (χ4n) is 1.74. The van der Waals surface area contributed by atoms with Crippen LogP contribution in [0.1, 0.15) is 11.1 Å². The number of hydrogen-bond acceptors (Lipinski definition) is 3. The van der Waals surface area contributed by atoms with Gasteiger partial charge in [0.1, 0.15) is 11.5 Å². The number of nitrogens with zero attached hydrogens (tertiary/aromatic N) is 1. The second-order valence-electron chi connectivity index (χ2n) is 4.16. The van der Waals surface area contributed by atoms with Gasteiger partial charge in [-0.15, -0.1) is 0 Å². The van der Waals surface area contributed by atoms with Gasteiger partial charge in [-0.2, -0.15) is 13.2 Å². The maximum absolute atomic E-state index is 13.0. The minimum atomic E-state index is -4.48. The highest BCUT2D eigenvalue weighted by molar-refractivity contribution is 5.42. The molecule has 2 N–H and O–H groups in total. The van der Waals surface area contributed by atoms with Gasteiger partial charge in [-0.05, 0) is 42.8 Å². The Morgan fingerprint density at radius 3 is 2.60 bits per heavy atom. The van der Waals surface area contributed by atoms with Gasteiger partial charge in [0.15, 0.2) is 0 Å². The summed E-state index contributed by atoms with van der Waals surface area (Å²) in [5.41, 5.74) is 5.07. The summed E-state index contributed by atoms with van der Waals surface area (Å²) >= 11 is 0. The standard InChI is InChI=1S/C14H13F3N2O/c15-14(16,17)12-8-10(5-6-18)3-4-13(12)20-11-2-1-7-19-9-11/h1-4,7-9H,5-6,18H2. The summed E-state index contributed by atoms with van der Waals surface area (Å²) in [5, 5.41) is 0. The van der Waals surface area contributed by atoms with Gasteiger partial charge >= 0.3 is 6.18 Å². The van der Waals surface area contributed by atoms with Crippen molar-refractivity contribution >= 4 is 0 Å². The molecule has 1 aromatic heterocycles. The normalized spacial score (nSPS) is 11.4. The highest BCUT2D eigenvalue weighted by Crippen LogP contribution is 2.38. The topological polar surface area (TPSA) is 48.1 Å². The van der Waals surface area contributed by atoms with E-state index in [4.69, 9.17) is 10.5 Å². The van der Waals surface area contributed by atoms with Gasteiger partial charge in [-0.3, -0.25) is 4.98 Å². The second kappa shape index (κ2) is 5.92. The zero-order valence-corrected chi connectivity index (χ0v) is 10.5. The monoisotopic (exact) mass is 282 g/mol. The minimum Gasteiger partial charge on any atom is -0.455 e. The van der Waals surface area contributed by atoms with Crippen LogP contribution in [0.5, 0.6) is 11.5 Å². The SMILES string of the molecule is NCCc1ccc(Oc2cccnc2)c(C(F)(F)F)c1. The molecule has 0 saturated carbocycles. The number of aromatic nitrogens is 1. The maximum Gasteiger partial charge on any atom is 0.419 e. The van der Waals surface area contributed by atoms with E-state index < -0.39 is 11.7 Å². The molecule has 0 aliphatic heterocycles. The molecule has 0 saturated heterocycles. The first kappa shape index (κ1) is 14.3. The molecule has 20 heavy (non-hydrogen) atoms. The molecule has 0 atom stereocenters. The zero-order chi connectivity index (χ0) is 14.6. The van der Waals surface area contributed by atoms with E-state index in [1.54, 1.807) is 18.2 Å². The van der Waals surface area contributed by atoms with Crippen LogP contribution in [0.2, 0.25) is 0 Å². The van der Waals surface area contributed by atoms with Crippen molar-refractivity contribution in [1.29, 1.82) is 0 Å². The van der Waals surface area contributed by atoms with Crippen LogP contribution in [0.25, 0.3) is 0 Å². The molecule has 0 aliphatic carbocycles. The Bertz CT molecular complexity index is 570. The van der Waals surface area contributed by atoms with E-state index in [-0.39, 0.29) is 11.5 Å². The summed E-state index contributed by atoms with van der Waals surface area (Å²) in [6.45, 7) is 0.292. The lowest BCUT2D eigenvalue weighted by Gasteiger charge is -2.15. The number of alkyl halides is 3. The Balaban J connectivity index is 2.37. The predicted octanol–water partition coefficient (Wildman–Crippen LogP) is 3.39. The lowest BCUT2D eigenvalue weighted by molar-refractivity contribution is -0.138. The van der Waals surface area contributed by atoms with Crippen LogP contribution < -0.4 is 10.5 Å². The molecule has 3 nitrogen and oxygen atoms in total. The largest absolute Gasteiger partial charge is 0.455 e. The van der Waals surface area contributed by atoms with Crippen molar-refractivity contribution in [2.45, 2.75) is 12.6 Å². The first-order valence-electron chi connectivity index (χ1n) is 5.99. The van der Waals surface area contributed by atoms with Crippen molar-refractivity contribution in [3.8, 4) is 11.5 Å². The van der Waals surface area contributed by atoms with Crippen LogP contribution in [-0.2, 0) is 12.6 Å². The highest BCUT2D eigenvalue weighted by Gasteiger charge is 2.34. The van der Waals surface area contributed by atoms with Crippen molar-refractivity contribution in [1.82, 2.24) is 4.98 Å². The number of hydrogen-bond donors (Lipinski definition) is 1. The van der Waals surface area contributed by atoms with Gasteiger partial charge in [0.05, 0.1) is 11.8 Å². The lowest BCUT2D eigenvalue weighted by atomic mass is 10.1. The Morgan fingerprint density at radius 2 is 2.00 bits per heavy atom. The number of pyridine rings is 1. The molecule has 106 valence electrons. The molecule has 0 spiro atoms. The fraction of sp³-hybridized carbons (Fsp3) is 0.214. The van der Waals surface area contributed by atoms with Crippen molar-refractivity contribution in [2.75, 3.05) is 6.54 Å². The molecule has 1 aromatic carbocycles. The van der Waals surface area contributed by atoms with E-state index in [1.807, 2.05) is 0 Å². The zero-order valence-electron chi connectivity index (χ0n) is 10.5. The van der Waals surface area contributed by atoms with Crippen molar-refractivity contribution in [3.63, 3.8) is 0 Å². The van der Waals surface area contributed by atoms with Gasteiger partial charge in [-0.25, -0.2) is 0 Å². The number of ether oxygens (including phenoxy) is 1. The number of nitrogens with two attached hydrogens (primary N) is 1. The third-order valence-electron chi connectivity index (χ3n) is 2.64. The second-order valence-corrected chi connectivity index (χ2v) is 4.16. The van der Waals surface area contributed by atoms with E-state index in [1.165, 1.54) is 18.5 Å². The van der Waals surface area contributed by atoms with Crippen molar-refractivity contribution < 1.29 is 17.9 Å². The summed E-state index contributed by atoms with van der Waals surface area (Å²) in [6, 6.07) is 7.08. The van der Waals surface area contributed by atoms with Crippen molar-refractivity contribution in [3.05, 3.63) is 53.9 Å². The third-order valence-corrected chi connectivity index (χ3v) is 2.64. The summed E-state index contributed by atoms with van der Waals surface area (Å²) < 4.78 is 44.4. The minimum absolute atomic E-state index is 0.244. The summed E-state index contributed by atoms with van der Waals surface area (Å²) in [5.74, 6) is 0.0100. The molecule has 0 unspecified atom stereocenters. The number of rotatable bonds is 4. The molecule has 0 amide bonds. The van der Waals surface area contributed by atoms with Gasteiger partial charge < -0.3 is 10.5 Å². The highest BCUT2D eigenvalue weighted by atomic mass is 19.4. The number of benzene rings is 1. The Morgan fingerprint density at radius 1 is 1.20 bits per heavy atom. The van der Waals surface area contributed by atoms with Crippen LogP contribution in [-0.4, -0.2) is 11.5 Å². The van der Waals surface area contributed by atoms with Gasteiger partial charge in [0.2, 0.25) is 0 Å². The number of halogens is 3. The average molecular weight is 282 g/mol. The molecular weight excluding hydrogens is 269 g/mol. The molecule has 0 radical (unpaired) electrons. The van der Waals surface area contributed by atoms with Crippen LogP contribution >= 0.6 is 0 Å². The Hall–Kier alpha value is -2.08. The van der Waals surface area contributed by atoms with Crippen LogP contribution in [0.3, 0.4) is 0 Å². The van der Waals surface area contributed by atoms with Gasteiger partial charge in [-0.1, -0.05) is 6.07 Å². The lowest BCUT2D eigenvalue weighted by Crippen LogP contribution is -2.09. The first-order chi connectivity index (χ1) is 9.50. The predicted molar refractivity (Wildman–Crippen MR) is 68.5 cm³/mol. The molecule has 2 rings (SSSR count). The first-order valence-corrected chi connectivity index (χ1v) is 5.99. The fourth-order valence-corrected chi connectivity index (χ4v) is 1.74. The molecule has 2 aromatic rings. The molecule has 0 aliphatic rings. The summed E-state index contributed by atoms with van der Waals surface area (Å²) in [7, 11) is 0. The molecule has 1 heterocycles. The molecule has 6 heteroatoms. The van der Waals surface area contributed by atoms with Crippen LogP contribution in [0, 0.1) is 0 Å². The maximum atomic E-state index is 13.0. The van der Waals surface area contributed by atoms with Crippen LogP contribution in [0.15, 0.2) is 42.7 Å². The van der Waals surface area contributed by atoms with E-state index in [0.717, 1.165) is 6.07 Å². The van der Waals surface area contributed by atoms with Crippen molar-refractivity contribution in [2.24, 2.45) is 5.73 Å². The van der Waals surface area contributed by atoms with Crippen LogP contribution in [0.4, 0.5) is 13.2 Å². The molecule has 0 bridgehead atoms. The summed E-state index contributed by atoms with van der Waals surface area (Å²) in [4.78, 5) is 3.80. The molecular formula is C14H13F3N2O. The van der Waals surface area contributed by atoms with E-state index in [0.29, 0.717) is 18.5 Å². The summed E-state index contributed by atoms with van der Waals surface area (Å²) in [6.07, 6.45) is -1.23. The van der Waals surface area contributed by atoms with E-state index in [9.17, 15) is 13.2 Å².